The molecule has 0 saturated carbocycles. The molecule has 6 nitrogen and oxygen atoms in total. The lowest BCUT2D eigenvalue weighted by Gasteiger charge is -2.13. The summed E-state index contributed by atoms with van der Waals surface area (Å²) < 4.78 is 10.5. The first-order valence-corrected chi connectivity index (χ1v) is 7.28. The van der Waals surface area contributed by atoms with E-state index in [0.29, 0.717) is 36.0 Å². The number of halogens is 1. The van der Waals surface area contributed by atoms with Crippen LogP contribution in [0.15, 0.2) is 18.2 Å². The van der Waals surface area contributed by atoms with Crippen molar-refractivity contribution in [3.63, 3.8) is 0 Å². The largest absolute Gasteiger partial charge is 0.454 e. The van der Waals surface area contributed by atoms with Crippen molar-refractivity contribution in [1.82, 2.24) is 4.90 Å². The van der Waals surface area contributed by atoms with Crippen molar-refractivity contribution in [3.05, 3.63) is 28.8 Å². The monoisotopic (exact) mass is 322 g/mol. The van der Waals surface area contributed by atoms with E-state index in [2.05, 4.69) is 0 Å². The third-order valence-corrected chi connectivity index (χ3v) is 4.05. The Hall–Kier alpha value is -2.21. The summed E-state index contributed by atoms with van der Waals surface area (Å²) in [4.78, 5) is 24.8. The first-order chi connectivity index (χ1) is 10.5. The maximum atomic E-state index is 12.1. The summed E-state index contributed by atoms with van der Waals surface area (Å²) in [6.07, 6.45) is 3.73. The molecule has 2 heterocycles. The van der Waals surface area contributed by atoms with Crippen molar-refractivity contribution in [3.8, 4) is 11.5 Å². The lowest BCUT2D eigenvalue weighted by Crippen LogP contribution is -2.30. The molecule has 2 amide bonds. The second-order valence-electron chi connectivity index (χ2n) is 5.24. The van der Waals surface area contributed by atoms with Gasteiger partial charge in [0, 0.05) is 19.2 Å². The average Bonchev–Trinajstić information content (AvgIpc) is 3.13. The highest BCUT2D eigenvalue weighted by Gasteiger charge is 2.28. The minimum Gasteiger partial charge on any atom is -0.454 e. The number of benzene rings is 1. The Bertz CT molecular complexity index is 659. The topological polar surface area (TPSA) is 81.9 Å². The number of ether oxygens (including phenoxy) is 2. The molecule has 116 valence electrons. The normalized spacial score (nSPS) is 19.9. The van der Waals surface area contributed by atoms with Crippen LogP contribution in [0, 0.1) is 5.92 Å². The van der Waals surface area contributed by atoms with Crippen LogP contribution in [-0.4, -0.2) is 36.6 Å². The highest BCUT2D eigenvalue weighted by atomic mass is 35.5. The van der Waals surface area contributed by atoms with Gasteiger partial charge < -0.3 is 20.1 Å². The Morgan fingerprint density at radius 2 is 2.18 bits per heavy atom. The van der Waals surface area contributed by atoms with Crippen LogP contribution in [0.3, 0.4) is 0 Å². The molecule has 1 aromatic carbocycles. The van der Waals surface area contributed by atoms with E-state index in [1.165, 1.54) is 6.08 Å². The molecule has 0 bridgehead atoms. The maximum Gasteiger partial charge on any atom is 0.246 e. The molecule has 1 saturated heterocycles. The average molecular weight is 323 g/mol. The summed E-state index contributed by atoms with van der Waals surface area (Å²) >= 11 is 6.09. The van der Waals surface area contributed by atoms with Crippen molar-refractivity contribution >= 4 is 29.5 Å². The predicted molar refractivity (Wildman–Crippen MR) is 80.5 cm³/mol. The number of hydrogen-bond acceptors (Lipinski definition) is 4. The van der Waals surface area contributed by atoms with Gasteiger partial charge in [-0.1, -0.05) is 11.6 Å². The van der Waals surface area contributed by atoms with Crippen LogP contribution in [0.5, 0.6) is 11.5 Å². The van der Waals surface area contributed by atoms with Crippen LogP contribution in [0.2, 0.25) is 5.02 Å². The maximum absolute atomic E-state index is 12.1. The first-order valence-electron chi connectivity index (χ1n) is 6.90. The number of rotatable bonds is 3. The van der Waals surface area contributed by atoms with Gasteiger partial charge in [-0.2, -0.15) is 0 Å². The number of hydrogen-bond donors (Lipinski definition) is 1. The number of carbonyl (C=O) groups excluding carboxylic acids is 2. The van der Waals surface area contributed by atoms with Gasteiger partial charge in [0.2, 0.25) is 18.6 Å². The molecule has 1 aromatic rings. The van der Waals surface area contributed by atoms with Gasteiger partial charge in [0.05, 0.1) is 10.9 Å². The Balaban J connectivity index is 1.68. The van der Waals surface area contributed by atoms with E-state index in [-0.39, 0.29) is 24.5 Å². The van der Waals surface area contributed by atoms with E-state index in [4.69, 9.17) is 26.8 Å². The molecule has 2 aliphatic heterocycles. The number of likely N-dealkylation sites (tertiary alicyclic amines) is 1. The molecule has 1 fully saturated rings. The second-order valence-corrected chi connectivity index (χ2v) is 5.65. The summed E-state index contributed by atoms with van der Waals surface area (Å²) in [6.45, 7) is 1.06. The van der Waals surface area contributed by atoms with E-state index in [1.807, 2.05) is 0 Å². The standard InChI is InChI=1S/C15H15ClN2O4/c16-11-5-9(6-12-14(11)22-8-21-12)1-2-13(19)18-4-3-10(7-18)15(17)20/h1-2,5-6,10H,3-4,7-8H2,(H2,17,20)/b2-1+/t10-/m0/s1. The van der Waals surface area contributed by atoms with Crippen LogP contribution in [0.25, 0.3) is 6.08 Å². The fourth-order valence-electron chi connectivity index (χ4n) is 2.55. The molecular formula is C15H15ClN2O4. The molecule has 0 aliphatic carbocycles. The van der Waals surface area contributed by atoms with Gasteiger partial charge in [-0.05, 0) is 30.2 Å². The Labute approximate surface area is 132 Å². The van der Waals surface area contributed by atoms with Gasteiger partial charge >= 0.3 is 0 Å². The number of carbonyl (C=O) groups is 2. The van der Waals surface area contributed by atoms with Gasteiger partial charge in [0.15, 0.2) is 11.5 Å². The molecular weight excluding hydrogens is 308 g/mol. The number of amides is 2. The van der Waals surface area contributed by atoms with Crippen molar-refractivity contribution in [2.75, 3.05) is 19.9 Å². The SMILES string of the molecule is NC(=O)[C@H]1CCN(C(=O)/C=C/c2cc(Cl)c3c(c2)OCO3)C1. The van der Waals surface area contributed by atoms with Crippen LogP contribution < -0.4 is 15.2 Å². The van der Waals surface area contributed by atoms with Crippen LogP contribution in [-0.2, 0) is 9.59 Å². The lowest BCUT2D eigenvalue weighted by atomic mass is 10.1. The Morgan fingerprint density at radius 1 is 1.36 bits per heavy atom. The quantitative estimate of drug-likeness (QED) is 0.853. The van der Waals surface area contributed by atoms with Crippen LogP contribution in [0.4, 0.5) is 0 Å². The van der Waals surface area contributed by atoms with Crippen LogP contribution >= 0.6 is 11.6 Å². The fourth-order valence-corrected chi connectivity index (χ4v) is 2.82. The highest BCUT2D eigenvalue weighted by molar-refractivity contribution is 6.32. The number of fused-ring (bicyclic) bond motifs is 1. The summed E-state index contributed by atoms with van der Waals surface area (Å²) in [7, 11) is 0. The van der Waals surface area contributed by atoms with Gasteiger partial charge in [0.1, 0.15) is 0 Å². The highest BCUT2D eigenvalue weighted by Crippen LogP contribution is 2.40. The van der Waals surface area contributed by atoms with Gasteiger partial charge in [-0.25, -0.2) is 0 Å². The first kappa shape index (κ1) is 14.7. The molecule has 0 spiro atoms. The van der Waals surface area contributed by atoms with Crippen molar-refractivity contribution < 1.29 is 19.1 Å². The minimum absolute atomic E-state index is 0.142. The molecule has 2 N–H and O–H groups in total. The second kappa shape index (κ2) is 5.88. The third kappa shape index (κ3) is 2.87. The zero-order chi connectivity index (χ0) is 15.7. The van der Waals surface area contributed by atoms with Crippen molar-refractivity contribution in [1.29, 1.82) is 0 Å². The Kier molecular flexibility index (Phi) is 3.94. The van der Waals surface area contributed by atoms with E-state index in [1.54, 1.807) is 23.1 Å². The summed E-state index contributed by atoms with van der Waals surface area (Å²) in [6, 6.07) is 3.46. The van der Waals surface area contributed by atoms with E-state index in [9.17, 15) is 9.59 Å². The lowest BCUT2D eigenvalue weighted by molar-refractivity contribution is -0.125. The molecule has 0 aromatic heterocycles. The van der Waals surface area contributed by atoms with Gasteiger partial charge in [0.25, 0.3) is 0 Å². The zero-order valence-corrected chi connectivity index (χ0v) is 12.5. The van der Waals surface area contributed by atoms with Gasteiger partial charge in [-0.3, -0.25) is 9.59 Å². The molecule has 7 heteroatoms. The number of primary amides is 1. The molecule has 3 rings (SSSR count). The molecule has 22 heavy (non-hydrogen) atoms. The Morgan fingerprint density at radius 3 is 2.91 bits per heavy atom. The number of nitrogens with zero attached hydrogens (tertiary/aromatic N) is 1. The summed E-state index contributed by atoms with van der Waals surface area (Å²) in [5.41, 5.74) is 6.00. The summed E-state index contributed by atoms with van der Waals surface area (Å²) in [5.74, 6) is 0.320. The predicted octanol–water partition coefficient (Wildman–Crippen LogP) is 1.42. The van der Waals surface area contributed by atoms with E-state index < -0.39 is 0 Å². The number of nitrogens with two attached hydrogens (primary N) is 1. The molecule has 0 unspecified atom stereocenters. The van der Waals surface area contributed by atoms with E-state index >= 15 is 0 Å². The molecule has 2 aliphatic rings. The van der Waals surface area contributed by atoms with Crippen molar-refractivity contribution in [2.24, 2.45) is 11.7 Å². The van der Waals surface area contributed by atoms with Crippen molar-refractivity contribution in [2.45, 2.75) is 6.42 Å². The van der Waals surface area contributed by atoms with E-state index in [0.717, 1.165) is 5.56 Å². The third-order valence-electron chi connectivity index (χ3n) is 3.77. The molecule has 1 atom stereocenters. The minimum atomic E-state index is -0.359. The zero-order valence-electron chi connectivity index (χ0n) is 11.8. The fraction of sp³-hybridized carbons (Fsp3) is 0.333. The summed E-state index contributed by atoms with van der Waals surface area (Å²) in [5, 5.41) is 0.442. The molecule has 0 radical (unpaired) electrons. The smallest absolute Gasteiger partial charge is 0.246 e. The van der Waals surface area contributed by atoms with Crippen LogP contribution in [0.1, 0.15) is 12.0 Å². The van der Waals surface area contributed by atoms with Gasteiger partial charge in [-0.15, -0.1) is 0 Å².